The predicted octanol–water partition coefficient (Wildman–Crippen LogP) is 6.35. The van der Waals surface area contributed by atoms with E-state index in [1.165, 1.54) is 42.1 Å². The van der Waals surface area contributed by atoms with Gasteiger partial charge in [-0.3, -0.25) is 0 Å². The fourth-order valence-corrected chi connectivity index (χ4v) is 5.26. The first-order valence-corrected chi connectivity index (χ1v) is 11.6. The molecule has 1 fully saturated rings. The Bertz CT molecular complexity index is 1410. The normalized spacial score (nSPS) is 23.4. The topological polar surface area (TPSA) is 52.9 Å². The molecule has 1 atom stereocenters. The van der Waals surface area contributed by atoms with Crippen LogP contribution in [0.5, 0.6) is 17.2 Å². The van der Waals surface area contributed by atoms with Gasteiger partial charge in [0.25, 0.3) is 0 Å². The molecule has 1 unspecified atom stereocenters. The standard InChI is InChI=1S/C28H29NO3S/c1-3-14-29-16-24(17-29)33-23-11-6-20(7-12-23)28-27(19-4-8-21(30)9-5-19)18(2)25-13-10-22(31)15-26(25)32-28/h4-13,15,24,28,30-31H,3,14,16-17H2,1-2H3/i1D3,2D3,24D. The van der Waals surface area contributed by atoms with E-state index in [4.69, 9.17) is 14.3 Å². The van der Waals surface area contributed by atoms with Gasteiger partial charge < -0.3 is 19.8 Å². The quantitative estimate of drug-likeness (QED) is 0.443. The third-order valence-electron chi connectivity index (χ3n) is 5.86. The van der Waals surface area contributed by atoms with E-state index in [1.807, 2.05) is 29.2 Å². The minimum Gasteiger partial charge on any atom is -0.508 e. The Hall–Kier alpha value is -2.89. The second-order valence-corrected chi connectivity index (χ2v) is 9.44. The van der Waals surface area contributed by atoms with Crippen molar-refractivity contribution in [3.05, 3.63) is 83.4 Å². The number of aromatic hydroxyl groups is 2. The van der Waals surface area contributed by atoms with Crippen LogP contribution in [0.4, 0.5) is 0 Å². The number of ether oxygens (including phenoxy) is 1. The second-order valence-electron chi connectivity index (χ2n) is 8.18. The molecule has 2 aliphatic rings. The number of likely N-dealkylation sites (tertiary alicyclic amines) is 1. The first kappa shape index (κ1) is 15.1. The maximum absolute atomic E-state index is 10.1. The highest BCUT2D eigenvalue weighted by atomic mass is 32.2. The average molecular weight is 467 g/mol. The molecule has 0 saturated carbocycles. The van der Waals surface area contributed by atoms with Crippen molar-refractivity contribution in [1.82, 2.24) is 4.90 Å². The van der Waals surface area contributed by atoms with Crippen molar-refractivity contribution in [1.29, 1.82) is 0 Å². The molecule has 5 heteroatoms. The van der Waals surface area contributed by atoms with Gasteiger partial charge in [0.05, 0.1) is 0 Å². The minimum absolute atomic E-state index is 0.0450. The summed E-state index contributed by atoms with van der Waals surface area (Å²) in [6, 6.07) is 18.1. The maximum atomic E-state index is 10.1. The summed E-state index contributed by atoms with van der Waals surface area (Å²) >= 11 is 1.40. The van der Waals surface area contributed by atoms with Gasteiger partial charge in [0.2, 0.25) is 0 Å². The fourth-order valence-electron chi connectivity index (χ4n) is 4.16. The predicted molar refractivity (Wildman–Crippen MR) is 135 cm³/mol. The number of hydrogen-bond donors (Lipinski definition) is 2. The monoisotopic (exact) mass is 466 g/mol. The molecule has 4 nitrogen and oxygen atoms in total. The molecule has 1 saturated heterocycles. The zero-order valence-corrected chi connectivity index (χ0v) is 18.7. The molecule has 0 amide bonds. The van der Waals surface area contributed by atoms with Gasteiger partial charge in [-0.15, -0.1) is 11.8 Å². The number of hydrogen-bond acceptors (Lipinski definition) is 5. The Labute approximate surface area is 209 Å². The van der Waals surface area contributed by atoms with Crippen LogP contribution < -0.4 is 4.74 Å². The molecule has 0 radical (unpaired) electrons. The van der Waals surface area contributed by atoms with E-state index in [2.05, 4.69) is 0 Å². The van der Waals surface area contributed by atoms with Crippen LogP contribution in [0.3, 0.4) is 0 Å². The van der Waals surface area contributed by atoms with Gasteiger partial charge in [0.15, 0.2) is 0 Å². The van der Waals surface area contributed by atoms with Gasteiger partial charge in [-0.25, -0.2) is 0 Å². The zero-order valence-electron chi connectivity index (χ0n) is 24.9. The smallest absolute Gasteiger partial charge is 0.150 e. The number of allylic oxidation sites excluding steroid dienone is 1. The van der Waals surface area contributed by atoms with Crippen LogP contribution in [0, 0.1) is 0 Å². The average Bonchev–Trinajstić information content (AvgIpc) is 2.85. The Morgan fingerprint density at radius 1 is 1.03 bits per heavy atom. The molecule has 0 aliphatic carbocycles. The van der Waals surface area contributed by atoms with E-state index in [9.17, 15) is 10.2 Å². The van der Waals surface area contributed by atoms with Gasteiger partial charge in [-0.05, 0) is 72.9 Å². The van der Waals surface area contributed by atoms with Crippen LogP contribution >= 0.6 is 11.8 Å². The van der Waals surface area contributed by atoms with Crippen molar-refractivity contribution >= 4 is 22.9 Å². The van der Waals surface area contributed by atoms with Crippen molar-refractivity contribution < 1.29 is 24.5 Å². The van der Waals surface area contributed by atoms with Gasteiger partial charge in [-0.2, -0.15) is 0 Å². The van der Waals surface area contributed by atoms with Crippen LogP contribution in [0.25, 0.3) is 11.1 Å². The highest BCUT2D eigenvalue weighted by Crippen LogP contribution is 2.47. The molecule has 2 N–H and O–H groups in total. The SMILES string of the molecule is [2H]C([2H])([2H])CCN1CC([2H])(Sc2ccc(C3Oc4cc(O)ccc4C(C([2H])([2H])[2H])=C3c3ccc(O)cc3)cc2)C1. The molecule has 3 aromatic rings. The summed E-state index contributed by atoms with van der Waals surface area (Å²) in [6.45, 7) is -3.10. The number of benzene rings is 3. The summed E-state index contributed by atoms with van der Waals surface area (Å²) in [5.41, 5.74) is 2.20. The highest BCUT2D eigenvalue weighted by molar-refractivity contribution is 8.00. The first-order valence-electron chi connectivity index (χ1n) is 14.3. The highest BCUT2D eigenvalue weighted by Gasteiger charge is 2.30. The number of nitrogens with zero attached hydrogens (tertiary/aromatic N) is 1. The van der Waals surface area contributed by atoms with Gasteiger partial charge in [0, 0.05) is 50.0 Å². The molecule has 0 bridgehead atoms. The van der Waals surface area contributed by atoms with Crippen LogP contribution in [-0.2, 0) is 0 Å². The summed E-state index contributed by atoms with van der Waals surface area (Å²) in [5, 5.41) is 19.2. The lowest BCUT2D eigenvalue weighted by Gasteiger charge is -2.38. The van der Waals surface area contributed by atoms with Crippen molar-refractivity contribution in [2.45, 2.75) is 36.4 Å². The van der Waals surface area contributed by atoms with Gasteiger partial charge >= 0.3 is 0 Å². The lowest BCUT2D eigenvalue weighted by atomic mass is 9.86. The molecular weight excluding hydrogens is 430 g/mol. The fraction of sp³-hybridized carbons (Fsp3) is 0.286. The molecular formula is C28H29NO3S. The number of thioether (sulfide) groups is 1. The van der Waals surface area contributed by atoms with Gasteiger partial charge in [-0.1, -0.05) is 31.1 Å². The van der Waals surface area contributed by atoms with E-state index >= 15 is 0 Å². The number of phenols is 2. The third-order valence-corrected chi connectivity index (χ3v) is 6.92. The maximum Gasteiger partial charge on any atom is 0.150 e. The van der Waals surface area contributed by atoms with Gasteiger partial charge in [0.1, 0.15) is 23.4 Å². The minimum atomic E-state index is -2.50. The zero-order chi connectivity index (χ0) is 28.9. The van der Waals surface area contributed by atoms with E-state index < -0.39 is 25.0 Å². The molecule has 2 aliphatic heterocycles. The summed E-state index contributed by atoms with van der Waals surface area (Å²) in [4.78, 5) is 2.82. The molecule has 3 aromatic carbocycles. The number of fused-ring (bicyclic) bond motifs is 1. The molecule has 0 aromatic heterocycles. The number of phenolic OH excluding ortho intramolecular Hbond substituents is 2. The van der Waals surface area contributed by atoms with Crippen molar-refractivity contribution in [2.75, 3.05) is 19.6 Å². The van der Waals surface area contributed by atoms with Crippen LogP contribution in [0.1, 0.15) is 52.5 Å². The molecule has 5 rings (SSSR count). The van der Waals surface area contributed by atoms with Crippen LogP contribution in [0.2, 0.25) is 0 Å². The van der Waals surface area contributed by atoms with Crippen molar-refractivity contribution in [2.24, 2.45) is 0 Å². The molecule has 33 heavy (non-hydrogen) atoms. The summed E-state index contributed by atoms with van der Waals surface area (Å²) in [5.74, 6) is 0.266. The molecule has 170 valence electrons. The molecule has 0 spiro atoms. The summed E-state index contributed by atoms with van der Waals surface area (Å²) in [7, 11) is 0. The van der Waals surface area contributed by atoms with Crippen molar-refractivity contribution in [3.63, 3.8) is 0 Å². The lowest BCUT2D eigenvalue weighted by Crippen LogP contribution is -2.48. The van der Waals surface area contributed by atoms with Crippen LogP contribution in [0.15, 0.2) is 71.6 Å². The summed E-state index contributed by atoms with van der Waals surface area (Å²) in [6.07, 6.45) is -0.711. The Balaban J connectivity index is 1.45. The van der Waals surface area contributed by atoms with E-state index in [0.717, 1.165) is 4.90 Å². The van der Waals surface area contributed by atoms with E-state index in [1.54, 1.807) is 12.1 Å². The van der Waals surface area contributed by atoms with Crippen LogP contribution in [-0.4, -0.2) is 40.0 Å². The number of rotatable bonds is 6. The van der Waals surface area contributed by atoms with E-state index in [-0.39, 0.29) is 29.2 Å². The summed E-state index contributed by atoms with van der Waals surface area (Å²) < 4.78 is 62.3. The largest absolute Gasteiger partial charge is 0.508 e. The third kappa shape index (κ3) is 4.48. The first-order chi connectivity index (χ1) is 18.7. The Kier molecular flexibility index (Phi) is 4.19. The van der Waals surface area contributed by atoms with Crippen molar-refractivity contribution in [3.8, 4) is 17.2 Å². The molecule has 2 heterocycles. The van der Waals surface area contributed by atoms with E-state index in [0.29, 0.717) is 41.9 Å². The Morgan fingerprint density at radius 2 is 1.79 bits per heavy atom. The lowest BCUT2D eigenvalue weighted by molar-refractivity contribution is 0.191. The second kappa shape index (κ2) is 9.16. The Morgan fingerprint density at radius 3 is 2.52 bits per heavy atom.